The van der Waals surface area contributed by atoms with Crippen LogP contribution >= 0.6 is 0 Å². The van der Waals surface area contributed by atoms with E-state index >= 15 is 0 Å². The van der Waals surface area contributed by atoms with Gasteiger partial charge in [-0.15, -0.1) is 0 Å². The van der Waals surface area contributed by atoms with Crippen molar-refractivity contribution in [3.05, 3.63) is 29.8 Å². The molecule has 0 heterocycles. The largest absolute Gasteiger partial charge is 0.490 e. The summed E-state index contributed by atoms with van der Waals surface area (Å²) in [6.07, 6.45) is 4.01. The monoisotopic (exact) mass is 233 g/mol. The molecule has 0 aliphatic heterocycles. The van der Waals surface area contributed by atoms with Crippen molar-refractivity contribution in [1.82, 2.24) is 5.32 Å². The predicted octanol–water partition coefficient (Wildman–Crippen LogP) is 3.02. The van der Waals surface area contributed by atoms with E-state index in [0.717, 1.165) is 31.2 Å². The van der Waals surface area contributed by atoms with Crippen LogP contribution in [0.4, 0.5) is 0 Å². The van der Waals surface area contributed by atoms with Crippen LogP contribution < -0.4 is 10.1 Å². The first-order valence-electron chi connectivity index (χ1n) is 6.70. The third-order valence-corrected chi connectivity index (χ3v) is 2.87. The molecule has 0 atom stereocenters. The zero-order chi connectivity index (χ0) is 12.1. The molecule has 0 unspecified atom stereocenters. The molecule has 1 aromatic carbocycles. The van der Waals surface area contributed by atoms with E-state index in [1.54, 1.807) is 0 Å². The van der Waals surface area contributed by atoms with E-state index in [9.17, 15) is 0 Å². The molecule has 1 aromatic rings. The van der Waals surface area contributed by atoms with Crippen LogP contribution in [0.1, 0.15) is 32.3 Å². The lowest BCUT2D eigenvalue weighted by atomic mass is 10.1. The van der Waals surface area contributed by atoms with Crippen molar-refractivity contribution < 1.29 is 4.74 Å². The molecule has 2 heteroatoms. The van der Waals surface area contributed by atoms with E-state index in [1.807, 2.05) is 0 Å². The van der Waals surface area contributed by atoms with Gasteiger partial charge in [-0.3, -0.25) is 0 Å². The summed E-state index contributed by atoms with van der Waals surface area (Å²) >= 11 is 0. The van der Waals surface area contributed by atoms with Crippen molar-refractivity contribution in [3.8, 4) is 5.75 Å². The van der Waals surface area contributed by atoms with Gasteiger partial charge in [-0.25, -0.2) is 0 Å². The fourth-order valence-electron chi connectivity index (χ4n) is 1.78. The van der Waals surface area contributed by atoms with Gasteiger partial charge in [-0.2, -0.15) is 0 Å². The molecule has 17 heavy (non-hydrogen) atoms. The fraction of sp³-hybridized carbons (Fsp3) is 0.600. The summed E-state index contributed by atoms with van der Waals surface area (Å²) in [5.74, 6) is 1.76. The molecule has 0 radical (unpaired) electrons. The van der Waals surface area contributed by atoms with Crippen LogP contribution in [0.15, 0.2) is 24.3 Å². The van der Waals surface area contributed by atoms with E-state index < -0.39 is 0 Å². The first kappa shape index (κ1) is 12.4. The van der Waals surface area contributed by atoms with Crippen molar-refractivity contribution in [2.45, 2.75) is 39.2 Å². The second-order valence-corrected chi connectivity index (χ2v) is 5.31. The van der Waals surface area contributed by atoms with Gasteiger partial charge >= 0.3 is 0 Å². The topological polar surface area (TPSA) is 21.3 Å². The molecule has 0 spiro atoms. The Hall–Kier alpha value is -1.02. The highest BCUT2D eigenvalue weighted by Gasteiger charge is 2.23. The molecule has 0 amide bonds. The summed E-state index contributed by atoms with van der Waals surface area (Å²) in [5.41, 5.74) is 1.36. The Morgan fingerprint density at radius 2 is 2.18 bits per heavy atom. The first-order chi connectivity index (χ1) is 8.24. The van der Waals surface area contributed by atoms with Gasteiger partial charge < -0.3 is 10.1 Å². The van der Waals surface area contributed by atoms with Gasteiger partial charge in [0.2, 0.25) is 0 Å². The first-order valence-corrected chi connectivity index (χ1v) is 6.70. The second-order valence-electron chi connectivity index (χ2n) is 5.31. The minimum atomic E-state index is 0.490. The summed E-state index contributed by atoms with van der Waals surface area (Å²) in [7, 11) is 0. The molecule has 1 aliphatic carbocycles. The highest BCUT2D eigenvalue weighted by atomic mass is 16.5. The van der Waals surface area contributed by atoms with E-state index in [1.165, 1.54) is 18.4 Å². The van der Waals surface area contributed by atoms with E-state index in [4.69, 9.17) is 4.74 Å². The summed E-state index contributed by atoms with van der Waals surface area (Å²) in [4.78, 5) is 0. The minimum absolute atomic E-state index is 0.490. The third kappa shape index (κ3) is 4.78. The van der Waals surface area contributed by atoms with Crippen molar-refractivity contribution in [2.24, 2.45) is 5.92 Å². The van der Waals surface area contributed by atoms with Gasteiger partial charge in [-0.1, -0.05) is 26.0 Å². The van der Waals surface area contributed by atoms with Crippen molar-refractivity contribution >= 4 is 0 Å². The molecule has 1 aliphatic rings. The van der Waals surface area contributed by atoms with Gasteiger partial charge in [0, 0.05) is 0 Å². The number of rotatable bonds is 7. The Labute approximate surface area is 104 Å². The number of ether oxygens (including phenoxy) is 1. The molecular weight excluding hydrogens is 210 g/mol. The molecule has 0 bridgehead atoms. The molecule has 1 saturated carbocycles. The molecule has 0 saturated heterocycles. The van der Waals surface area contributed by atoms with Crippen molar-refractivity contribution in [3.63, 3.8) is 0 Å². The maximum absolute atomic E-state index is 5.79. The van der Waals surface area contributed by atoms with E-state index in [0.29, 0.717) is 6.10 Å². The molecule has 1 N–H and O–H groups in total. The fourth-order valence-corrected chi connectivity index (χ4v) is 1.78. The van der Waals surface area contributed by atoms with Crippen LogP contribution in [0, 0.1) is 5.92 Å². The maximum Gasteiger partial charge on any atom is 0.119 e. The summed E-state index contributed by atoms with van der Waals surface area (Å²) in [6, 6.07) is 8.51. The zero-order valence-corrected chi connectivity index (χ0v) is 10.9. The van der Waals surface area contributed by atoms with Gasteiger partial charge in [0.15, 0.2) is 0 Å². The standard InChI is InChI=1S/C15H23NO/c1-12(2)11-16-9-8-13-4-3-5-15(10-13)17-14-6-7-14/h3-5,10,12,14,16H,6-9,11H2,1-2H3. The highest BCUT2D eigenvalue weighted by molar-refractivity contribution is 5.29. The Morgan fingerprint density at radius 1 is 1.35 bits per heavy atom. The molecule has 0 aromatic heterocycles. The van der Waals surface area contributed by atoms with Crippen molar-refractivity contribution in [2.75, 3.05) is 13.1 Å². The SMILES string of the molecule is CC(C)CNCCc1cccc(OC2CC2)c1. The van der Waals surface area contributed by atoms with Gasteiger partial charge in [0.05, 0.1) is 6.10 Å². The summed E-state index contributed by atoms with van der Waals surface area (Å²) in [6.45, 7) is 6.61. The molecule has 2 nitrogen and oxygen atoms in total. The Balaban J connectivity index is 1.75. The summed E-state index contributed by atoms with van der Waals surface area (Å²) < 4.78 is 5.79. The lowest BCUT2D eigenvalue weighted by Gasteiger charge is -2.09. The highest BCUT2D eigenvalue weighted by Crippen LogP contribution is 2.27. The van der Waals surface area contributed by atoms with Gasteiger partial charge in [0.25, 0.3) is 0 Å². The smallest absolute Gasteiger partial charge is 0.119 e. The average Bonchev–Trinajstić information content (AvgIpc) is 3.09. The molecule has 94 valence electrons. The minimum Gasteiger partial charge on any atom is -0.490 e. The molecule has 2 rings (SSSR count). The number of hydrogen-bond donors (Lipinski definition) is 1. The lowest BCUT2D eigenvalue weighted by Crippen LogP contribution is -2.22. The van der Waals surface area contributed by atoms with Crippen LogP contribution in [-0.4, -0.2) is 19.2 Å². The Morgan fingerprint density at radius 3 is 2.88 bits per heavy atom. The van der Waals surface area contributed by atoms with Gasteiger partial charge in [0.1, 0.15) is 5.75 Å². The van der Waals surface area contributed by atoms with E-state index in [2.05, 4.69) is 43.4 Å². The van der Waals surface area contributed by atoms with Crippen LogP contribution in [0.3, 0.4) is 0 Å². The third-order valence-electron chi connectivity index (χ3n) is 2.87. The van der Waals surface area contributed by atoms with Crippen molar-refractivity contribution in [1.29, 1.82) is 0 Å². The molecule has 1 fully saturated rings. The average molecular weight is 233 g/mol. The van der Waals surface area contributed by atoms with E-state index in [-0.39, 0.29) is 0 Å². The quantitative estimate of drug-likeness (QED) is 0.731. The van der Waals surface area contributed by atoms with Crippen LogP contribution in [-0.2, 0) is 6.42 Å². The second kappa shape index (κ2) is 6.06. The summed E-state index contributed by atoms with van der Waals surface area (Å²) in [5, 5.41) is 3.47. The van der Waals surface area contributed by atoms with Crippen LogP contribution in [0.5, 0.6) is 5.75 Å². The normalized spacial score (nSPS) is 15.2. The Bertz CT molecular complexity index is 345. The predicted molar refractivity (Wildman–Crippen MR) is 71.5 cm³/mol. The molecular formula is C15H23NO. The Kier molecular flexibility index (Phi) is 4.43. The van der Waals surface area contributed by atoms with Gasteiger partial charge in [-0.05, 0) is 56.0 Å². The number of nitrogens with one attached hydrogen (secondary N) is 1. The number of hydrogen-bond acceptors (Lipinski definition) is 2. The van der Waals surface area contributed by atoms with Crippen LogP contribution in [0.25, 0.3) is 0 Å². The lowest BCUT2D eigenvalue weighted by molar-refractivity contribution is 0.303. The maximum atomic E-state index is 5.79. The number of benzene rings is 1. The zero-order valence-electron chi connectivity index (χ0n) is 10.9. The van der Waals surface area contributed by atoms with Crippen LogP contribution in [0.2, 0.25) is 0 Å².